The van der Waals surface area contributed by atoms with Crippen LogP contribution in [-0.4, -0.2) is 15.0 Å². The smallest absolute Gasteiger partial charge is 0.111 e. The summed E-state index contributed by atoms with van der Waals surface area (Å²) in [7, 11) is 0. The molecule has 0 radical (unpaired) electrons. The van der Waals surface area contributed by atoms with Crippen molar-refractivity contribution >= 4 is 5.57 Å². The third-order valence-electron chi connectivity index (χ3n) is 2.56. The molecule has 3 heteroatoms. The highest BCUT2D eigenvalue weighted by Crippen LogP contribution is 2.13. The summed E-state index contributed by atoms with van der Waals surface area (Å²) in [4.78, 5) is 0. The predicted octanol–water partition coefficient (Wildman–Crippen LogP) is 2.67. The van der Waals surface area contributed by atoms with Crippen LogP contribution in [0.4, 0.5) is 0 Å². The molecule has 0 atom stereocenters. The van der Waals surface area contributed by atoms with Gasteiger partial charge in [0.1, 0.15) is 5.69 Å². The molecule has 2 rings (SSSR count). The van der Waals surface area contributed by atoms with E-state index in [1.807, 2.05) is 36.7 Å². The Morgan fingerprint density at radius 3 is 2.56 bits per heavy atom. The number of aromatic nitrogens is 3. The summed E-state index contributed by atoms with van der Waals surface area (Å²) in [5.74, 6) is 0. The van der Waals surface area contributed by atoms with Gasteiger partial charge in [-0.25, -0.2) is 4.68 Å². The van der Waals surface area contributed by atoms with Crippen molar-refractivity contribution < 1.29 is 0 Å². The highest BCUT2D eigenvalue weighted by molar-refractivity contribution is 5.59. The van der Waals surface area contributed by atoms with Gasteiger partial charge in [0.25, 0.3) is 0 Å². The van der Waals surface area contributed by atoms with Crippen molar-refractivity contribution in [2.45, 2.75) is 20.4 Å². The van der Waals surface area contributed by atoms with Gasteiger partial charge >= 0.3 is 0 Å². The second-order valence-corrected chi connectivity index (χ2v) is 3.95. The van der Waals surface area contributed by atoms with Gasteiger partial charge in [0.15, 0.2) is 0 Å². The van der Waals surface area contributed by atoms with Crippen molar-refractivity contribution in [1.82, 2.24) is 15.0 Å². The standard InChI is InChI=1S/C13H15N3/c1-10(2)13-11(3)16(15-14-13)9-12-7-5-4-6-8-12/h4-8H,1,9H2,2-3H3. The summed E-state index contributed by atoms with van der Waals surface area (Å²) in [6.07, 6.45) is 0. The van der Waals surface area contributed by atoms with Gasteiger partial charge in [0.05, 0.1) is 12.2 Å². The zero-order chi connectivity index (χ0) is 11.5. The molecule has 1 heterocycles. The van der Waals surface area contributed by atoms with Crippen molar-refractivity contribution in [1.29, 1.82) is 0 Å². The molecule has 0 aliphatic rings. The van der Waals surface area contributed by atoms with Gasteiger partial charge in [-0.2, -0.15) is 0 Å². The molecule has 0 aliphatic carbocycles. The highest BCUT2D eigenvalue weighted by Gasteiger charge is 2.08. The largest absolute Gasteiger partial charge is 0.245 e. The molecule has 16 heavy (non-hydrogen) atoms. The molecular weight excluding hydrogens is 198 g/mol. The van der Waals surface area contributed by atoms with Crippen LogP contribution >= 0.6 is 0 Å². The normalized spacial score (nSPS) is 10.4. The molecule has 0 fully saturated rings. The molecule has 3 nitrogen and oxygen atoms in total. The summed E-state index contributed by atoms with van der Waals surface area (Å²) >= 11 is 0. The fourth-order valence-corrected chi connectivity index (χ4v) is 1.66. The van der Waals surface area contributed by atoms with Crippen LogP contribution in [-0.2, 0) is 6.54 Å². The van der Waals surface area contributed by atoms with E-state index in [4.69, 9.17) is 0 Å². The van der Waals surface area contributed by atoms with Crippen LogP contribution in [0.1, 0.15) is 23.9 Å². The summed E-state index contributed by atoms with van der Waals surface area (Å²) < 4.78 is 1.90. The third-order valence-corrected chi connectivity index (χ3v) is 2.56. The van der Waals surface area contributed by atoms with E-state index in [1.165, 1.54) is 5.56 Å². The Bertz CT molecular complexity index is 497. The predicted molar refractivity (Wildman–Crippen MR) is 65.0 cm³/mol. The van der Waals surface area contributed by atoms with E-state index in [0.717, 1.165) is 23.5 Å². The maximum Gasteiger partial charge on any atom is 0.111 e. The molecule has 82 valence electrons. The van der Waals surface area contributed by atoms with Crippen LogP contribution < -0.4 is 0 Å². The van der Waals surface area contributed by atoms with Crippen molar-refractivity contribution in [3.63, 3.8) is 0 Å². The zero-order valence-corrected chi connectivity index (χ0v) is 9.64. The summed E-state index contributed by atoms with van der Waals surface area (Å²) in [6.45, 7) is 8.62. The molecule has 0 saturated carbocycles. The maximum atomic E-state index is 4.14. The van der Waals surface area contributed by atoms with Crippen LogP contribution in [0.15, 0.2) is 36.9 Å². The Labute approximate surface area is 95.4 Å². The summed E-state index contributed by atoms with van der Waals surface area (Å²) in [6, 6.07) is 10.2. The molecule has 1 aromatic carbocycles. The first-order chi connectivity index (χ1) is 7.68. The lowest BCUT2D eigenvalue weighted by Crippen LogP contribution is -2.03. The number of nitrogens with zero attached hydrogens (tertiary/aromatic N) is 3. The number of benzene rings is 1. The minimum absolute atomic E-state index is 0.757. The topological polar surface area (TPSA) is 30.7 Å². The SMILES string of the molecule is C=C(C)c1nnn(Cc2ccccc2)c1C. The lowest BCUT2D eigenvalue weighted by Gasteiger charge is -2.03. The Morgan fingerprint density at radius 1 is 1.31 bits per heavy atom. The Morgan fingerprint density at radius 2 is 2.00 bits per heavy atom. The van der Waals surface area contributed by atoms with Gasteiger partial charge in [-0.15, -0.1) is 5.10 Å². The van der Waals surface area contributed by atoms with Crippen LogP contribution in [0.3, 0.4) is 0 Å². The summed E-state index contributed by atoms with van der Waals surface area (Å²) in [5.41, 5.74) is 4.15. The molecule has 0 aliphatic heterocycles. The first-order valence-corrected chi connectivity index (χ1v) is 5.28. The first kappa shape index (κ1) is 10.6. The first-order valence-electron chi connectivity index (χ1n) is 5.28. The van der Waals surface area contributed by atoms with Crippen molar-refractivity contribution in [3.05, 3.63) is 53.9 Å². The van der Waals surface area contributed by atoms with Gasteiger partial charge in [-0.1, -0.05) is 42.1 Å². The highest BCUT2D eigenvalue weighted by atomic mass is 15.4. The number of hydrogen-bond acceptors (Lipinski definition) is 2. The Hall–Kier alpha value is -1.90. The van der Waals surface area contributed by atoms with E-state index in [1.54, 1.807) is 0 Å². The molecule has 0 saturated heterocycles. The molecule has 0 amide bonds. The summed E-state index contributed by atoms with van der Waals surface area (Å²) in [5, 5.41) is 8.26. The van der Waals surface area contributed by atoms with Crippen LogP contribution in [0, 0.1) is 6.92 Å². The van der Waals surface area contributed by atoms with Crippen molar-refractivity contribution in [3.8, 4) is 0 Å². The van der Waals surface area contributed by atoms with Gasteiger partial charge in [-0.05, 0) is 25.0 Å². The molecule has 0 bridgehead atoms. The fraction of sp³-hybridized carbons (Fsp3) is 0.231. The van der Waals surface area contributed by atoms with Crippen molar-refractivity contribution in [2.24, 2.45) is 0 Å². The van der Waals surface area contributed by atoms with E-state index in [0.29, 0.717) is 0 Å². The second-order valence-electron chi connectivity index (χ2n) is 3.95. The number of rotatable bonds is 3. The average molecular weight is 213 g/mol. The van der Waals surface area contributed by atoms with E-state index >= 15 is 0 Å². The molecule has 0 spiro atoms. The second kappa shape index (κ2) is 4.31. The molecule has 0 unspecified atom stereocenters. The van der Waals surface area contributed by atoms with Crippen molar-refractivity contribution in [2.75, 3.05) is 0 Å². The van der Waals surface area contributed by atoms with E-state index < -0.39 is 0 Å². The Kier molecular flexibility index (Phi) is 2.86. The van der Waals surface area contributed by atoms with Gasteiger partial charge < -0.3 is 0 Å². The minimum Gasteiger partial charge on any atom is -0.245 e. The zero-order valence-electron chi connectivity index (χ0n) is 9.64. The lowest BCUT2D eigenvalue weighted by molar-refractivity contribution is 0.633. The average Bonchev–Trinajstić information content (AvgIpc) is 2.62. The molecular formula is C13H15N3. The fourth-order valence-electron chi connectivity index (χ4n) is 1.66. The van der Waals surface area contributed by atoms with Gasteiger partial charge in [-0.3, -0.25) is 0 Å². The number of allylic oxidation sites excluding steroid dienone is 1. The van der Waals surface area contributed by atoms with E-state index in [9.17, 15) is 0 Å². The lowest BCUT2D eigenvalue weighted by atomic mass is 10.2. The third kappa shape index (κ3) is 2.03. The maximum absolute atomic E-state index is 4.14. The minimum atomic E-state index is 0.757. The van der Waals surface area contributed by atoms with Crippen LogP contribution in [0.5, 0.6) is 0 Å². The van der Waals surface area contributed by atoms with Gasteiger partial charge in [0, 0.05) is 0 Å². The molecule has 0 N–H and O–H groups in total. The quantitative estimate of drug-likeness (QED) is 0.784. The van der Waals surface area contributed by atoms with E-state index in [-0.39, 0.29) is 0 Å². The molecule has 1 aromatic heterocycles. The monoisotopic (exact) mass is 213 g/mol. The number of hydrogen-bond donors (Lipinski definition) is 0. The van der Waals surface area contributed by atoms with E-state index in [2.05, 4.69) is 29.0 Å². The van der Waals surface area contributed by atoms with Crippen LogP contribution in [0.2, 0.25) is 0 Å². The molecule has 2 aromatic rings. The Balaban J connectivity index is 2.26. The van der Waals surface area contributed by atoms with Gasteiger partial charge in [0.2, 0.25) is 0 Å². The van der Waals surface area contributed by atoms with Crippen LogP contribution in [0.25, 0.3) is 5.57 Å².